The van der Waals surface area contributed by atoms with Crippen molar-refractivity contribution >= 4 is 10.8 Å². The van der Waals surface area contributed by atoms with Crippen molar-refractivity contribution in [3.63, 3.8) is 0 Å². The van der Waals surface area contributed by atoms with E-state index >= 15 is 0 Å². The first-order valence-corrected chi connectivity index (χ1v) is 6.00. The van der Waals surface area contributed by atoms with Crippen molar-refractivity contribution in [2.75, 3.05) is 5.75 Å². The van der Waals surface area contributed by atoms with Crippen LogP contribution in [0.25, 0.3) is 0 Å². The summed E-state index contributed by atoms with van der Waals surface area (Å²) in [6.07, 6.45) is -4.39. The van der Waals surface area contributed by atoms with Crippen LogP contribution in [0.3, 0.4) is 0 Å². The Bertz CT molecular complexity index is 404. The largest absolute Gasteiger partial charge is 0.416 e. The van der Waals surface area contributed by atoms with Crippen LogP contribution >= 0.6 is 0 Å². The summed E-state index contributed by atoms with van der Waals surface area (Å²) in [4.78, 5) is 0.387. The summed E-state index contributed by atoms with van der Waals surface area (Å²) in [6.45, 7) is 1.65. The molecule has 0 aliphatic heterocycles. The van der Waals surface area contributed by atoms with Crippen LogP contribution in [-0.4, -0.2) is 9.96 Å². The smallest absolute Gasteiger partial charge is 0.326 e. The topological polar surface area (TPSA) is 43.1 Å². The highest BCUT2D eigenvalue weighted by Gasteiger charge is 2.31. The molecule has 6 heteroatoms. The van der Waals surface area contributed by atoms with E-state index in [2.05, 4.69) is 0 Å². The van der Waals surface area contributed by atoms with E-state index in [0.717, 1.165) is 12.1 Å². The third-order valence-corrected chi connectivity index (χ3v) is 3.53. The molecule has 0 heterocycles. The minimum absolute atomic E-state index is 0.0506. The van der Waals surface area contributed by atoms with E-state index in [0.29, 0.717) is 10.6 Å². The zero-order valence-electron chi connectivity index (χ0n) is 8.67. The van der Waals surface area contributed by atoms with Gasteiger partial charge in [-0.3, -0.25) is 4.21 Å². The van der Waals surface area contributed by atoms with Gasteiger partial charge in [-0.15, -0.1) is 0 Å². The van der Waals surface area contributed by atoms with Crippen LogP contribution in [0.15, 0.2) is 23.1 Å². The molecule has 0 aromatic heterocycles. The molecule has 0 aliphatic rings. The zero-order chi connectivity index (χ0) is 12.3. The van der Waals surface area contributed by atoms with Crippen molar-refractivity contribution in [2.45, 2.75) is 24.5 Å². The molecule has 1 aromatic carbocycles. The fraction of sp³-hybridized carbons (Fsp3) is 0.400. The molecule has 0 spiro atoms. The maximum absolute atomic E-state index is 12.4. The number of nitrogens with two attached hydrogens (primary N) is 1. The van der Waals surface area contributed by atoms with E-state index in [1.807, 2.05) is 0 Å². The molecule has 1 rings (SSSR count). The van der Waals surface area contributed by atoms with E-state index in [9.17, 15) is 17.4 Å². The second-order valence-electron chi connectivity index (χ2n) is 3.16. The zero-order valence-corrected chi connectivity index (χ0v) is 9.49. The molecule has 16 heavy (non-hydrogen) atoms. The lowest BCUT2D eigenvalue weighted by molar-refractivity contribution is -0.137. The monoisotopic (exact) mass is 251 g/mol. The number of benzene rings is 1. The number of hydrogen-bond acceptors (Lipinski definition) is 2. The van der Waals surface area contributed by atoms with Gasteiger partial charge >= 0.3 is 6.18 Å². The lowest BCUT2D eigenvalue weighted by Gasteiger charge is -2.11. The lowest BCUT2D eigenvalue weighted by atomic mass is 10.1. The fourth-order valence-electron chi connectivity index (χ4n) is 1.29. The van der Waals surface area contributed by atoms with Crippen LogP contribution < -0.4 is 5.73 Å². The van der Waals surface area contributed by atoms with Gasteiger partial charge in [0.15, 0.2) is 0 Å². The van der Waals surface area contributed by atoms with Crippen LogP contribution in [0.1, 0.15) is 18.1 Å². The van der Waals surface area contributed by atoms with Gasteiger partial charge in [0.1, 0.15) is 0 Å². The highest BCUT2D eigenvalue weighted by Crippen LogP contribution is 2.31. The van der Waals surface area contributed by atoms with Gasteiger partial charge in [-0.2, -0.15) is 13.2 Å². The number of halogens is 3. The number of rotatable bonds is 3. The first-order valence-electron chi connectivity index (χ1n) is 4.68. The Morgan fingerprint density at radius 2 is 2.00 bits per heavy atom. The molecular weight excluding hydrogens is 239 g/mol. The van der Waals surface area contributed by atoms with Crippen LogP contribution in [-0.2, 0) is 23.5 Å². The molecule has 0 bridgehead atoms. The molecule has 2 N–H and O–H groups in total. The Kier molecular flexibility index (Phi) is 4.09. The summed E-state index contributed by atoms with van der Waals surface area (Å²) in [5, 5.41) is 0. The third kappa shape index (κ3) is 2.82. The predicted molar refractivity (Wildman–Crippen MR) is 56.3 cm³/mol. The molecule has 90 valence electrons. The molecule has 2 nitrogen and oxygen atoms in total. The van der Waals surface area contributed by atoms with Gasteiger partial charge in [-0.05, 0) is 23.8 Å². The lowest BCUT2D eigenvalue weighted by Crippen LogP contribution is -2.10. The highest BCUT2D eigenvalue weighted by molar-refractivity contribution is 7.85. The van der Waals surface area contributed by atoms with E-state index in [-0.39, 0.29) is 12.1 Å². The van der Waals surface area contributed by atoms with Gasteiger partial charge in [0.25, 0.3) is 0 Å². The van der Waals surface area contributed by atoms with Crippen molar-refractivity contribution in [2.24, 2.45) is 5.73 Å². The summed E-state index contributed by atoms with van der Waals surface area (Å²) in [5.41, 5.74) is 4.88. The fourth-order valence-corrected chi connectivity index (χ4v) is 2.26. The Balaban J connectivity index is 3.22. The van der Waals surface area contributed by atoms with Crippen molar-refractivity contribution in [1.82, 2.24) is 0 Å². The van der Waals surface area contributed by atoms with Gasteiger partial charge in [0, 0.05) is 17.2 Å². The Labute approximate surface area is 94.1 Å². The Morgan fingerprint density at radius 3 is 2.44 bits per heavy atom. The predicted octanol–water partition coefficient (Wildman–Crippen LogP) is 2.29. The average molecular weight is 251 g/mol. The molecule has 1 unspecified atom stereocenters. The van der Waals surface area contributed by atoms with E-state index < -0.39 is 22.5 Å². The molecule has 1 aromatic rings. The van der Waals surface area contributed by atoms with Crippen molar-refractivity contribution in [3.05, 3.63) is 29.3 Å². The Morgan fingerprint density at radius 1 is 1.38 bits per heavy atom. The van der Waals surface area contributed by atoms with Crippen LogP contribution in [0.5, 0.6) is 0 Å². The summed E-state index contributed by atoms with van der Waals surface area (Å²) in [7, 11) is -1.28. The van der Waals surface area contributed by atoms with Crippen LogP contribution in [0.4, 0.5) is 13.2 Å². The van der Waals surface area contributed by atoms with Gasteiger partial charge in [0.05, 0.1) is 16.4 Å². The second-order valence-corrected chi connectivity index (χ2v) is 4.87. The minimum Gasteiger partial charge on any atom is -0.326 e. The summed E-state index contributed by atoms with van der Waals surface area (Å²) >= 11 is 0. The van der Waals surface area contributed by atoms with Gasteiger partial charge in [-0.25, -0.2) is 0 Å². The van der Waals surface area contributed by atoms with E-state index in [1.165, 1.54) is 6.07 Å². The number of hydrogen-bond donors (Lipinski definition) is 1. The summed E-state index contributed by atoms with van der Waals surface area (Å²) in [5.74, 6) is 0.359. The standard InChI is InChI=1S/C10H12F3NOS/c1-2-16(15)9-4-3-8(10(11,12)13)5-7(9)6-14/h3-5H,2,6,14H2,1H3. The quantitative estimate of drug-likeness (QED) is 0.895. The SMILES string of the molecule is CCS(=O)c1ccc(C(F)(F)F)cc1CN. The van der Waals surface area contributed by atoms with E-state index in [4.69, 9.17) is 5.73 Å². The highest BCUT2D eigenvalue weighted by atomic mass is 32.2. The van der Waals surface area contributed by atoms with Crippen LogP contribution in [0.2, 0.25) is 0 Å². The normalized spacial score (nSPS) is 13.8. The minimum atomic E-state index is -4.39. The van der Waals surface area contributed by atoms with Crippen LogP contribution in [0, 0.1) is 0 Å². The molecule has 1 atom stereocenters. The van der Waals surface area contributed by atoms with Crippen molar-refractivity contribution in [3.8, 4) is 0 Å². The van der Waals surface area contributed by atoms with Gasteiger partial charge < -0.3 is 5.73 Å². The van der Waals surface area contributed by atoms with E-state index in [1.54, 1.807) is 6.92 Å². The third-order valence-electron chi connectivity index (χ3n) is 2.12. The average Bonchev–Trinajstić information content (AvgIpc) is 2.26. The molecule has 0 radical (unpaired) electrons. The second kappa shape index (κ2) is 4.97. The molecule has 0 saturated heterocycles. The Hall–Kier alpha value is -0.880. The maximum Gasteiger partial charge on any atom is 0.416 e. The van der Waals surface area contributed by atoms with Gasteiger partial charge in [-0.1, -0.05) is 6.92 Å². The van der Waals surface area contributed by atoms with Gasteiger partial charge in [0.2, 0.25) is 0 Å². The first-order chi connectivity index (χ1) is 7.40. The summed E-state index contributed by atoms with van der Waals surface area (Å²) in [6, 6.07) is 3.13. The molecule has 0 aliphatic carbocycles. The first kappa shape index (κ1) is 13.2. The maximum atomic E-state index is 12.4. The summed E-state index contributed by atoms with van der Waals surface area (Å²) < 4.78 is 48.7. The number of alkyl halides is 3. The van der Waals surface area contributed by atoms with Crippen molar-refractivity contribution in [1.29, 1.82) is 0 Å². The molecule has 0 fully saturated rings. The van der Waals surface area contributed by atoms with Crippen molar-refractivity contribution < 1.29 is 17.4 Å². The molecule has 0 saturated carbocycles. The molecule has 0 amide bonds. The molecular formula is C10H12F3NOS.